The molecule has 1 aromatic heterocycles. The van der Waals surface area contributed by atoms with Crippen molar-refractivity contribution in [3.8, 4) is 0 Å². The van der Waals surface area contributed by atoms with Crippen LogP contribution >= 0.6 is 15.9 Å². The largest absolute Gasteiger partial charge is 0.342 e. The number of nitrogens with zero attached hydrogens (tertiary/aromatic N) is 2. The molecule has 0 aliphatic carbocycles. The number of fused-ring (bicyclic) bond motifs is 1. The number of urea groups is 1. The molecule has 7 heteroatoms. The van der Waals surface area contributed by atoms with Crippen LogP contribution in [0.15, 0.2) is 89.0 Å². The van der Waals surface area contributed by atoms with Crippen LogP contribution in [0.25, 0.3) is 17.0 Å². The van der Waals surface area contributed by atoms with Crippen molar-refractivity contribution in [2.24, 2.45) is 0 Å². The second-order valence-corrected chi connectivity index (χ2v) is 9.07. The number of barbiturate groups is 1. The van der Waals surface area contributed by atoms with Gasteiger partial charge in [0, 0.05) is 33.7 Å². The van der Waals surface area contributed by atoms with Gasteiger partial charge >= 0.3 is 6.03 Å². The molecule has 1 N–H and O–H groups in total. The number of carbonyl (C=O) groups is 3. The van der Waals surface area contributed by atoms with E-state index < -0.39 is 17.8 Å². The fourth-order valence-corrected chi connectivity index (χ4v) is 4.31. The maximum atomic E-state index is 13.3. The molecular formula is C27H20BrN3O3. The van der Waals surface area contributed by atoms with E-state index in [2.05, 4.69) is 50.1 Å². The van der Waals surface area contributed by atoms with Gasteiger partial charge in [0.25, 0.3) is 11.8 Å². The monoisotopic (exact) mass is 513 g/mol. The van der Waals surface area contributed by atoms with Gasteiger partial charge in [-0.15, -0.1) is 0 Å². The Morgan fingerprint density at radius 1 is 0.912 bits per heavy atom. The Morgan fingerprint density at radius 2 is 1.62 bits per heavy atom. The van der Waals surface area contributed by atoms with Gasteiger partial charge in [-0.1, -0.05) is 64.0 Å². The number of aryl methyl sites for hydroxylation is 1. The first-order chi connectivity index (χ1) is 16.4. The number of imide groups is 2. The second-order valence-electron chi connectivity index (χ2n) is 8.15. The van der Waals surface area contributed by atoms with E-state index in [1.165, 1.54) is 5.56 Å². The van der Waals surface area contributed by atoms with Crippen molar-refractivity contribution in [3.05, 3.63) is 106 Å². The van der Waals surface area contributed by atoms with E-state index in [1.807, 2.05) is 37.4 Å². The molecule has 0 bridgehead atoms. The third kappa shape index (κ3) is 4.06. The highest BCUT2D eigenvalue weighted by Crippen LogP contribution is 2.28. The minimum absolute atomic E-state index is 0.0965. The van der Waals surface area contributed by atoms with Crippen LogP contribution < -0.4 is 10.2 Å². The molecule has 6 nitrogen and oxygen atoms in total. The summed E-state index contributed by atoms with van der Waals surface area (Å²) in [5.74, 6) is -1.37. The lowest BCUT2D eigenvalue weighted by Crippen LogP contribution is -2.54. The summed E-state index contributed by atoms with van der Waals surface area (Å²) >= 11 is 3.35. The van der Waals surface area contributed by atoms with E-state index in [1.54, 1.807) is 30.3 Å². The molecule has 1 saturated heterocycles. The van der Waals surface area contributed by atoms with Gasteiger partial charge in [0.15, 0.2) is 0 Å². The normalized spacial score (nSPS) is 15.3. The summed E-state index contributed by atoms with van der Waals surface area (Å²) in [7, 11) is 0. The zero-order chi connectivity index (χ0) is 23.8. The van der Waals surface area contributed by atoms with Crippen LogP contribution in [0.3, 0.4) is 0 Å². The number of anilines is 1. The molecule has 168 valence electrons. The number of carbonyl (C=O) groups excluding carboxylic acids is 3. The maximum Gasteiger partial charge on any atom is 0.335 e. The molecule has 0 atom stereocenters. The van der Waals surface area contributed by atoms with Gasteiger partial charge in [0.05, 0.1) is 5.69 Å². The molecule has 0 radical (unpaired) electrons. The first-order valence-corrected chi connectivity index (χ1v) is 11.5. The average molecular weight is 514 g/mol. The van der Waals surface area contributed by atoms with Crippen LogP contribution in [0.2, 0.25) is 0 Å². The fraction of sp³-hybridized carbons (Fsp3) is 0.0741. The van der Waals surface area contributed by atoms with Crippen LogP contribution in [0.4, 0.5) is 10.5 Å². The molecule has 4 aromatic rings. The van der Waals surface area contributed by atoms with Gasteiger partial charge in [-0.2, -0.15) is 0 Å². The predicted octanol–water partition coefficient (Wildman–Crippen LogP) is 5.43. The Morgan fingerprint density at radius 3 is 2.35 bits per heavy atom. The summed E-state index contributed by atoms with van der Waals surface area (Å²) in [5.41, 5.74) is 4.33. The highest BCUT2D eigenvalue weighted by atomic mass is 79.9. The number of aromatic nitrogens is 1. The number of hydrogen-bond acceptors (Lipinski definition) is 3. The standard InChI is InChI=1S/C27H20BrN3O3/c1-17-6-8-18(9-7-17)15-30-16-19(22-4-2-3-5-24(22)30)14-23-25(32)29-27(34)31(26(23)33)21-12-10-20(28)11-13-21/h2-14,16H,15H2,1H3,(H,29,32,34)/b23-14+. The Bertz CT molecular complexity index is 1470. The average Bonchev–Trinajstić information content (AvgIpc) is 3.16. The van der Waals surface area contributed by atoms with E-state index in [0.717, 1.165) is 31.4 Å². The number of benzene rings is 3. The van der Waals surface area contributed by atoms with Gasteiger partial charge < -0.3 is 4.57 Å². The number of para-hydroxylation sites is 1. The topological polar surface area (TPSA) is 71.4 Å². The van der Waals surface area contributed by atoms with Crippen molar-refractivity contribution < 1.29 is 14.4 Å². The van der Waals surface area contributed by atoms with E-state index in [9.17, 15) is 14.4 Å². The van der Waals surface area contributed by atoms with E-state index in [4.69, 9.17) is 0 Å². The Balaban J connectivity index is 1.56. The molecule has 0 spiro atoms. The van der Waals surface area contributed by atoms with E-state index in [0.29, 0.717) is 12.2 Å². The van der Waals surface area contributed by atoms with Crippen molar-refractivity contribution in [1.29, 1.82) is 0 Å². The van der Waals surface area contributed by atoms with Gasteiger partial charge in [-0.05, 0) is 48.9 Å². The highest BCUT2D eigenvalue weighted by molar-refractivity contribution is 9.10. The number of nitrogens with one attached hydrogen (secondary N) is 1. The maximum absolute atomic E-state index is 13.3. The molecule has 0 saturated carbocycles. The molecule has 2 heterocycles. The van der Waals surface area contributed by atoms with Crippen LogP contribution in [0, 0.1) is 6.92 Å². The summed E-state index contributed by atoms with van der Waals surface area (Å²) in [5, 5.41) is 3.20. The third-order valence-corrected chi connectivity index (χ3v) is 6.31. The van der Waals surface area contributed by atoms with Crippen LogP contribution in [0.5, 0.6) is 0 Å². The molecule has 4 amide bonds. The van der Waals surface area contributed by atoms with E-state index >= 15 is 0 Å². The van der Waals surface area contributed by atoms with Gasteiger partial charge in [0.1, 0.15) is 5.57 Å². The van der Waals surface area contributed by atoms with Crippen molar-refractivity contribution >= 4 is 56.4 Å². The van der Waals surface area contributed by atoms with Crippen LogP contribution in [-0.2, 0) is 16.1 Å². The van der Waals surface area contributed by atoms with E-state index in [-0.39, 0.29) is 5.57 Å². The number of hydrogen-bond donors (Lipinski definition) is 1. The summed E-state index contributed by atoms with van der Waals surface area (Å²) in [6.45, 7) is 2.70. The Hall–Kier alpha value is -3.97. The smallest absolute Gasteiger partial charge is 0.335 e. The second kappa shape index (κ2) is 8.76. The number of halogens is 1. The van der Waals surface area contributed by atoms with Crippen LogP contribution in [0.1, 0.15) is 16.7 Å². The zero-order valence-electron chi connectivity index (χ0n) is 18.3. The zero-order valence-corrected chi connectivity index (χ0v) is 19.9. The summed E-state index contributed by atoms with van der Waals surface area (Å²) in [6.07, 6.45) is 3.49. The lowest BCUT2D eigenvalue weighted by molar-refractivity contribution is -0.122. The molecule has 3 aromatic carbocycles. The van der Waals surface area contributed by atoms with Gasteiger partial charge in [0.2, 0.25) is 0 Å². The summed E-state index contributed by atoms with van der Waals surface area (Å²) in [6, 6.07) is 22.1. The molecular weight excluding hydrogens is 494 g/mol. The summed E-state index contributed by atoms with van der Waals surface area (Å²) in [4.78, 5) is 39.4. The first kappa shape index (κ1) is 21.9. The first-order valence-electron chi connectivity index (χ1n) is 10.7. The lowest BCUT2D eigenvalue weighted by Gasteiger charge is -2.26. The molecule has 0 unspecified atom stereocenters. The minimum Gasteiger partial charge on any atom is -0.342 e. The highest BCUT2D eigenvalue weighted by Gasteiger charge is 2.37. The van der Waals surface area contributed by atoms with Gasteiger partial charge in [-0.3, -0.25) is 14.9 Å². The van der Waals surface area contributed by atoms with Crippen molar-refractivity contribution in [3.63, 3.8) is 0 Å². The summed E-state index contributed by atoms with van der Waals surface area (Å²) < 4.78 is 2.91. The number of rotatable bonds is 4. The molecule has 34 heavy (non-hydrogen) atoms. The molecule has 5 rings (SSSR count). The SMILES string of the molecule is Cc1ccc(Cn2cc(/C=C3\C(=O)NC(=O)N(c4ccc(Br)cc4)C3=O)c3ccccc32)cc1. The Kier molecular flexibility index (Phi) is 5.63. The molecule has 1 aliphatic heterocycles. The van der Waals surface area contributed by atoms with Crippen LogP contribution in [-0.4, -0.2) is 22.4 Å². The van der Waals surface area contributed by atoms with Crippen molar-refractivity contribution in [2.45, 2.75) is 13.5 Å². The lowest BCUT2D eigenvalue weighted by atomic mass is 10.1. The number of amides is 4. The molecule has 1 aliphatic rings. The minimum atomic E-state index is -0.767. The Labute approximate surface area is 204 Å². The predicted molar refractivity (Wildman–Crippen MR) is 135 cm³/mol. The van der Waals surface area contributed by atoms with Crippen molar-refractivity contribution in [2.75, 3.05) is 4.90 Å². The third-order valence-electron chi connectivity index (χ3n) is 5.78. The molecule has 1 fully saturated rings. The quantitative estimate of drug-likeness (QED) is 0.292. The van der Waals surface area contributed by atoms with Gasteiger partial charge in [-0.25, -0.2) is 9.69 Å². The van der Waals surface area contributed by atoms with Crippen molar-refractivity contribution in [1.82, 2.24) is 9.88 Å². The fourth-order valence-electron chi connectivity index (χ4n) is 4.05.